The number of rotatable bonds is 3. The van der Waals surface area contributed by atoms with Gasteiger partial charge in [-0.1, -0.05) is 41.6 Å². The van der Waals surface area contributed by atoms with Crippen LogP contribution in [0, 0.1) is 0 Å². The number of benzene rings is 1. The molecule has 4 rings (SSSR count). The zero-order valence-corrected chi connectivity index (χ0v) is 17.7. The molecule has 0 aliphatic carbocycles. The molecule has 0 saturated carbocycles. The van der Waals surface area contributed by atoms with Crippen molar-refractivity contribution in [2.24, 2.45) is 0 Å². The number of pyridine rings is 1. The average molecular weight is 535 g/mol. The highest BCUT2D eigenvalue weighted by Gasteiger charge is 2.34. The lowest BCUT2D eigenvalue weighted by Crippen LogP contribution is -2.12. The van der Waals surface area contributed by atoms with Crippen LogP contribution < -0.4 is 4.90 Å². The van der Waals surface area contributed by atoms with Crippen LogP contribution in [0.4, 0.5) is 18.9 Å². The van der Waals surface area contributed by atoms with Crippen LogP contribution in [-0.4, -0.2) is 20.6 Å². The van der Waals surface area contributed by atoms with E-state index in [0.29, 0.717) is 0 Å². The molecule has 28 heavy (non-hydrogen) atoms. The van der Waals surface area contributed by atoms with Crippen molar-refractivity contribution in [2.45, 2.75) is 6.18 Å². The molecule has 0 fully saturated rings. The highest BCUT2D eigenvalue weighted by atomic mass is 127. The van der Waals surface area contributed by atoms with E-state index in [1.54, 1.807) is 24.0 Å². The van der Waals surface area contributed by atoms with Crippen LogP contribution in [0.1, 0.15) is 5.69 Å². The molecule has 0 saturated heterocycles. The standard InChI is InChI=1S/C18H11ClF3IN4S/c19-13-7-11(8-24-17(13)27-6-5-15(25-27)18(20,21)22)12-3-1-2-4-14(12)26-9-16(23)28-10-26/h1-9H,10H2. The smallest absolute Gasteiger partial charge is 0.336 e. The van der Waals surface area contributed by atoms with Gasteiger partial charge in [0, 0.05) is 35.4 Å². The highest BCUT2D eigenvalue weighted by molar-refractivity contribution is 14.1. The van der Waals surface area contributed by atoms with E-state index in [1.165, 1.54) is 9.11 Å². The summed E-state index contributed by atoms with van der Waals surface area (Å²) >= 11 is 10.4. The number of hydrogen-bond donors (Lipinski definition) is 0. The van der Waals surface area contributed by atoms with Crippen molar-refractivity contribution in [3.8, 4) is 16.9 Å². The Labute approximate surface area is 181 Å². The minimum absolute atomic E-state index is 0.143. The van der Waals surface area contributed by atoms with Gasteiger partial charge >= 0.3 is 6.18 Å². The maximum Gasteiger partial charge on any atom is 0.435 e. The lowest BCUT2D eigenvalue weighted by atomic mass is 10.0. The molecular formula is C18H11ClF3IN4S. The average Bonchev–Trinajstić information content (AvgIpc) is 3.31. The van der Waals surface area contributed by atoms with E-state index in [2.05, 4.69) is 43.8 Å². The molecule has 4 nitrogen and oxygen atoms in total. The van der Waals surface area contributed by atoms with Gasteiger partial charge in [-0.05, 0) is 40.8 Å². The first-order chi connectivity index (χ1) is 13.3. The molecular weight excluding hydrogens is 524 g/mol. The van der Waals surface area contributed by atoms with Crippen LogP contribution in [-0.2, 0) is 6.18 Å². The van der Waals surface area contributed by atoms with E-state index in [4.69, 9.17) is 11.6 Å². The maximum absolute atomic E-state index is 12.8. The number of hydrogen-bond acceptors (Lipinski definition) is 4. The molecule has 0 N–H and O–H groups in total. The summed E-state index contributed by atoms with van der Waals surface area (Å²) in [6.07, 6.45) is 0.330. The minimum Gasteiger partial charge on any atom is -0.336 e. The molecule has 0 spiro atoms. The monoisotopic (exact) mass is 534 g/mol. The lowest BCUT2D eigenvalue weighted by molar-refractivity contribution is -0.141. The van der Waals surface area contributed by atoms with Gasteiger partial charge in [0.15, 0.2) is 11.5 Å². The van der Waals surface area contributed by atoms with Crippen molar-refractivity contribution in [3.05, 3.63) is 68.6 Å². The fourth-order valence-electron chi connectivity index (χ4n) is 2.78. The Morgan fingerprint density at radius 2 is 1.96 bits per heavy atom. The van der Waals surface area contributed by atoms with E-state index in [9.17, 15) is 13.2 Å². The van der Waals surface area contributed by atoms with Crippen molar-refractivity contribution in [2.75, 3.05) is 10.8 Å². The second-order valence-electron chi connectivity index (χ2n) is 5.87. The first-order valence-corrected chi connectivity index (χ1v) is 10.4. The van der Waals surface area contributed by atoms with Gasteiger partial charge in [-0.3, -0.25) is 0 Å². The van der Waals surface area contributed by atoms with E-state index >= 15 is 0 Å². The number of alkyl halides is 3. The number of anilines is 1. The van der Waals surface area contributed by atoms with Gasteiger partial charge in [0.1, 0.15) is 0 Å². The van der Waals surface area contributed by atoms with Crippen LogP contribution in [0.15, 0.2) is 57.9 Å². The van der Waals surface area contributed by atoms with Gasteiger partial charge in [0.25, 0.3) is 0 Å². The molecule has 0 unspecified atom stereocenters. The van der Waals surface area contributed by atoms with Crippen LogP contribution in [0.2, 0.25) is 5.02 Å². The first-order valence-electron chi connectivity index (χ1n) is 7.98. The number of halogens is 5. The summed E-state index contributed by atoms with van der Waals surface area (Å²) < 4.78 is 40.6. The number of para-hydroxylation sites is 1. The topological polar surface area (TPSA) is 34.0 Å². The Morgan fingerprint density at radius 1 is 1.18 bits per heavy atom. The zero-order valence-electron chi connectivity index (χ0n) is 14.0. The molecule has 1 aliphatic heterocycles. The summed E-state index contributed by atoms with van der Waals surface area (Å²) in [7, 11) is 0. The van der Waals surface area contributed by atoms with Gasteiger partial charge in [0.05, 0.1) is 13.8 Å². The van der Waals surface area contributed by atoms with Gasteiger partial charge in [0.2, 0.25) is 0 Å². The van der Waals surface area contributed by atoms with Crippen LogP contribution in [0.3, 0.4) is 0 Å². The van der Waals surface area contributed by atoms with E-state index in [0.717, 1.165) is 33.4 Å². The van der Waals surface area contributed by atoms with Gasteiger partial charge in [-0.25, -0.2) is 9.67 Å². The van der Waals surface area contributed by atoms with E-state index in [-0.39, 0.29) is 10.8 Å². The van der Waals surface area contributed by atoms with Gasteiger partial charge in [-0.15, -0.1) is 0 Å². The Hall–Kier alpha value is -1.72. The van der Waals surface area contributed by atoms with Crippen molar-refractivity contribution >= 4 is 51.6 Å². The van der Waals surface area contributed by atoms with E-state index < -0.39 is 11.9 Å². The molecule has 2 aromatic heterocycles. The summed E-state index contributed by atoms with van der Waals surface area (Å²) in [5.74, 6) is 0.951. The third-order valence-electron chi connectivity index (χ3n) is 4.04. The minimum atomic E-state index is -4.52. The van der Waals surface area contributed by atoms with Crippen molar-refractivity contribution < 1.29 is 13.2 Å². The Bertz CT molecular complexity index is 1070. The molecule has 3 heterocycles. The maximum atomic E-state index is 12.8. The quantitative estimate of drug-likeness (QED) is 0.367. The fourth-order valence-corrected chi connectivity index (χ4v) is 4.46. The lowest BCUT2D eigenvalue weighted by Gasteiger charge is -2.19. The van der Waals surface area contributed by atoms with Crippen LogP contribution in [0.5, 0.6) is 0 Å². The van der Waals surface area contributed by atoms with Crippen molar-refractivity contribution in [1.29, 1.82) is 0 Å². The van der Waals surface area contributed by atoms with Crippen LogP contribution >= 0.6 is 46.0 Å². The Balaban J connectivity index is 1.71. The third kappa shape index (κ3) is 3.87. The molecule has 0 atom stereocenters. The molecule has 0 bridgehead atoms. The predicted octanol–water partition coefficient (Wildman–Crippen LogP) is 6.35. The number of thioether (sulfide) groups is 1. The molecule has 144 valence electrons. The molecule has 3 aromatic rings. The van der Waals surface area contributed by atoms with Gasteiger partial charge in [-0.2, -0.15) is 18.3 Å². The summed E-state index contributed by atoms with van der Waals surface area (Å²) in [5.41, 5.74) is 1.72. The van der Waals surface area contributed by atoms with Crippen molar-refractivity contribution in [1.82, 2.24) is 14.8 Å². The number of aromatic nitrogens is 3. The molecule has 1 aliphatic rings. The molecule has 10 heteroatoms. The summed E-state index contributed by atoms with van der Waals surface area (Å²) in [5, 5.41) is 3.74. The van der Waals surface area contributed by atoms with Crippen molar-refractivity contribution in [3.63, 3.8) is 0 Å². The van der Waals surface area contributed by atoms with Crippen LogP contribution in [0.25, 0.3) is 16.9 Å². The molecule has 0 radical (unpaired) electrons. The van der Waals surface area contributed by atoms with Gasteiger partial charge < -0.3 is 4.90 Å². The second-order valence-corrected chi connectivity index (χ2v) is 9.15. The molecule has 1 aromatic carbocycles. The second kappa shape index (κ2) is 7.60. The summed E-state index contributed by atoms with van der Waals surface area (Å²) in [4.78, 5) is 6.40. The zero-order chi connectivity index (χ0) is 19.9. The van der Waals surface area contributed by atoms with E-state index in [1.807, 2.05) is 24.3 Å². The third-order valence-corrected chi connectivity index (χ3v) is 6.32. The normalized spacial score (nSPS) is 14.5. The SMILES string of the molecule is FC(F)(F)c1ccn(-c2ncc(-c3ccccc3N3C=C(I)SC3)cc2Cl)n1. The fraction of sp³-hybridized carbons (Fsp3) is 0.111. The summed E-state index contributed by atoms with van der Waals surface area (Å²) in [6, 6.07) is 10.4. The Morgan fingerprint density at radius 3 is 2.61 bits per heavy atom. The summed E-state index contributed by atoms with van der Waals surface area (Å²) in [6.45, 7) is 0. The highest BCUT2D eigenvalue weighted by Crippen LogP contribution is 2.39. The first kappa shape index (κ1) is 19.6. The Kier molecular flexibility index (Phi) is 5.32. The number of nitrogens with zero attached hydrogens (tertiary/aromatic N) is 4. The molecule has 0 amide bonds. The largest absolute Gasteiger partial charge is 0.435 e. The predicted molar refractivity (Wildman–Crippen MR) is 114 cm³/mol.